The summed E-state index contributed by atoms with van der Waals surface area (Å²) in [4.78, 5) is 4.43. The number of ether oxygens (including phenoxy) is 1. The zero-order valence-electron chi connectivity index (χ0n) is 15.0. The number of aromatic nitrogens is 3. The van der Waals surface area contributed by atoms with Crippen molar-refractivity contribution in [2.45, 2.75) is 20.3 Å². The normalized spacial score (nSPS) is 10.6. The molecule has 2 aromatic carbocycles. The van der Waals surface area contributed by atoms with Gasteiger partial charge in [0.25, 0.3) is 0 Å². The molecule has 0 aliphatic rings. The Balaban J connectivity index is 1.58. The van der Waals surface area contributed by atoms with Crippen molar-refractivity contribution in [3.63, 3.8) is 0 Å². The SMILES string of the molecule is CC(C)CCNc1nncc(Nc2ccc(Oc3ccccc3)cc2)n1. The van der Waals surface area contributed by atoms with Crippen LogP contribution in [-0.2, 0) is 0 Å². The van der Waals surface area contributed by atoms with Crippen LogP contribution in [0.15, 0.2) is 60.8 Å². The summed E-state index contributed by atoms with van der Waals surface area (Å²) in [6, 6.07) is 17.4. The van der Waals surface area contributed by atoms with Gasteiger partial charge in [-0.2, -0.15) is 10.1 Å². The lowest BCUT2D eigenvalue weighted by Crippen LogP contribution is -2.09. The van der Waals surface area contributed by atoms with Crippen LogP contribution >= 0.6 is 0 Å². The van der Waals surface area contributed by atoms with Gasteiger partial charge >= 0.3 is 0 Å². The van der Waals surface area contributed by atoms with E-state index in [2.05, 4.69) is 39.7 Å². The zero-order valence-corrected chi connectivity index (χ0v) is 15.0. The summed E-state index contributed by atoms with van der Waals surface area (Å²) in [5.41, 5.74) is 0.902. The van der Waals surface area contributed by atoms with Crippen LogP contribution in [0.4, 0.5) is 17.5 Å². The van der Waals surface area contributed by atoms with E-state index in [1.54, 1.807) is 6.20 Å². The van der Waals surface area contributed by atoms with Gasteiger partial charge in [-0.25, -0.2) is 0 Å². The predicted octanol–water partition coefficient (Wildman–Crippen LogP) is 4.87. The molecule has 0 aliphatic heterocycles. The lowest BCUT2D eigenvalue weighted by molar-refractivity contribution is 0.483. The standard InChI is InChI=1S/C20H23N5O/c1-15(2)12-13-21-20-24-19(14-22-25-20)23-16-8-10-18(11-9-16)26-17-6-4-3-5-7-17/h3-11,14-15H,12-13H2,1-2H3,(H2,21,23,24,25). The largest absolute Gasteiger partial charge is 0.457 e. The summed E-state index contributed by atoms with van der Waals surface area (Å²) in [5.74, 6) is 3.39. The Morgan fingerprint density at radius 2 is 1.69 bits per heavy atom. The molecule has 1 heterocycles. The van der Waals surface area contributed by atoms with Crippen LogP contribution < -0.4 is 15.4 Å². The van der Waals surface area contributed by atoms with E-state index in [1.165, 1.54) is 0 Å². The molecule has 0 spiro atoms. The topological polar surface area (TPSA) is 72.0 Å². The molecule has 0 fully saturated rings. The molecular weight excluding hydrogens is 326 g/mol. The van der Waals surface area contributed by atoms with Crippen molar-refractivity contribution in [2.75, 3.05) is 17.2 Å². The average Bonchev–Trinajstić information content (AvgIpc) is 2.64. The van der Waals surface area contributed by atoms with Crippen LogP contribution in [0.5, 0.6) is 11.5 Å². The number of nitrogens with zero attached hydrogens (tertiary/aromatic N) is 3. The minimum Gasteiger partial charge on any atom is -0.457 e. The highest BCUT2D eigenvalue weighted by Crippen LogP contribution is 2.23. The predicted molar refractivity (Wildman–Crippen MR) is 104 cm³/mol. The maximum absolute atomic E-state index is 5.79. The van der Waals surface area contributed by atoms with Gasteiger partial charge in [-0.05, 0) is 48.7 Å². The van der Waals surface area contributed by atoms with Crippen LogP contribution in [-0.4, -0.2) is 21.7 Å². The molecule has 26 heavy (non-hydrogen) atoms. The molecule has 0 bridgehead atoms. The van der Waals surface area contributed by atoms with E-state index < -0.39 is 0 Å². The van der Waals surface area contributed by atoms with Crippen LogP contribution in [0.1, 0.15) is 20.3 Å². The Morgan fingerprint density at radius 1 is 0.962 bits per heavy atom. The summed E-state index contributed by atoms with van der Waals surface area (Å²) >= 11 is 0. The number of hydrogen-bond acceptors (Lipinski definition) is 6. The smallest absolute Gasteiger partial charge is 0.244 e. The van der Waals surface area contributed by atoms with Crippen molar-refractivity contribution in [3.8, 4) is 11.5 Å². The number of anilines is 3. The summed E-state index contributed by atoms with van der Waals surface area (Å²) in [6.07, 6.45) is 2.66. The second-order valence-corrected chi connectivity index (χ2v) is 6.34. The molecule has 3 rings (SSSR count). The van der Waals surface area contributed by atoms with E-state index in [1.807, 2.05) is 54.6 Å². The Hall–Kier alpha value is -3.15. The van der Waals surface area contributed by atoms with Gasteiger partial charge in [0.2, 0.25) is 5.95 Å². The minimum atomic E-state index is 0.527. The van der Waals surface area contributed by atoms with Crippen molar-refractivity contribution in [1.29, 1.82) is 0 Å². The van der Waals surface area contributed by atoms with E-state index >= 15 is 0 Å². The van der Waals surface area contributed by atoms with Gasteiger partial charge in [-0.3, -0.25) is 0 Å². The number of benzene rings is 2. The van der Waals surface area contributed by atoms with Gasteiger partial charge < -0.3 is 15.4 Å². The fourth-order valence-electron chi connectivity index (χ4n) is 2.29. The fraction of sp³-hybridized carbons (Fsp3) is 0.250. The molecule has 0 radical (unpaired) electrons. The fourth-order valence-corrected chi connectivity index (χ4v) is 2.29. The number of rotatable bonds is 8. The van der Waals surface area contributed by atoms with Crippen LogP contribution in [0.3, 0.4) is 0 Å². The summed E-state index contributed by atoms with van der Waals surface area (Å²) < 4.78 is 5.79. The third kappa shape index (κ3) is 5.44. The summed E-state index contributed by atoms with van der Waals surface area (Å²) in [6.45, 7) is 5.20. The quantitative estimate of drug-likeness (QED) is 0.605. The van der Waals surface area contributed by atoms with Crippen molar-refractivity contribution < 1.29 is 4.74 Å². The molecule has 1 aromatic heterocycles. The molecule has 0 atom stereocenters. The maximum Gasteiger partial charge on any atom is 0.244 e. The molecule has 2 N–H and O–H groups in total. The van der Waals surface area contributed by atoms with Crippen molar-refractivity contribution in [2.24, 2.45) is 5.92 Å². The average molecular weight is 349 g/mol. The molecule has 3 aromatic rings. The highest BCUT2D eigenvalue weighted by Gasteiger charge is 2.03. The second kappa shape index (κ2) is 8.80. The first kappa shape index (κ1) is 17.7. The Kier molecular flexibility index (Phi) is 5.98. The first-order valence-electron chi connectivity index (χ1n) is 8.72. The summed E-state index contributed by atoms with van der Waals surface area (Å²) in [7, 11) is 0. The Labute approximate surface area is 153 Å². The molecule has 6 heteroatoms. The Morgan fingerprint density at radius 3 is 2.42 bits per heavy atom. The molecule has 0 amide bonds. The van der Waals surface area contributed by atoms with Gasteiger partial charge in [-0.1, -0.05) is 32.0 Å². The van der Waals surface area contributed by atoms with Gasteiger partial charge in [0.05, 0.1) is 6.20 Å². The van der Waals surface area contributed by atoms with Crippen molar-refractivity contribution >= 4 is 17.5 Å². The molecule has 134 valence electrons. The molecular formula is C20H23N5O. The molecule has 6 nitrogen and oxygen atoms in total. The van der Waals surface area contributed by atoms with Gasteiger partial charge in [0.1, 0.15) is 11.5 Å². The first-order chi connectivity index (χ1) is 12.7. The number of hydrogen-bond donors (Lipinski definition) is 2. The molecule has 0 saturated carbocycles. The third-order valence-corrected chi connectivity index (χ3v) is 3.67. The van der Waals surface area contributed by atoms with E-state index in [-0.39, 0.29) is 0 Å². The number of para-hydroxylation sites is 1. The number of nitrogens with one attached hydrogen (secondary N) is 2. The van der Waals surface area contributed by atoms with E-state index in [4.69, 9.17) is 4.74 Å². The summed E-state index contributed by atoms with van der Waals surface area (Å²) in [5, 5.41) is 14.4. The molecule has 0 aliphatic carbocycles. The van der Waals surface area contributed by atoms with Crippen LogP contribution in [0.2, 0.25) is 0 Å². The zero-order chi connectivity index (χ0) is 18.2. The van der Waals surface area contributed by atoms with E-state index in [0.717, 1.165) is 30.2 Å². The van der Waals surface area contributed by atoms with Crippen LogP contribution in [0, 0.1) is 5.92 Å². The third-order valence-electron chi connectivity index (χ3n) is 3.67. The first-order valence-corrected chi connectivity index (χ1v) is 8.72. The lowest BCUT2D eigenvalue weighted by Gasteiger charge is -2.09. The van der Waals surface area contributed by atoms with E-state index in [0.29, 0.717) is 17.7 Å². The van der Waals surface area contributed by atoms with E-state index in [9.17, 15) is 0 Å². The minimum absolute atomic E-state index is 0.527. The highest BCUT2D eigenvalue weighted by atomic mass is 16.5. The van der Waals surface area contributed by atoms with Crippen molar-refractivity contribution in [3.05, 3.63) is 60.8 Å². The maximum atomic E-state index is 5.79. The van der Waals surface area contributed by atoms with Gasteiger partial charge in [-0.15, -0.1) is 5.10 Å². The lowest BCUT2D eigenvalue weighted by atomic mass is 10.1. The second-order valence-electron chi connectivity index (χ2n) is 6.34. The van der Waals surface area contributed by atoms with Crippen molar-refractivity contribution in [1.82, 2.24) is 15.2 Å². The highest BCUT2D eigenvalue weighted by molar-refractivity contribution is 5.57. The molecule has 0 unspecified atom stereocenters. The van der Waals surface area contributed by atoms with Gasteiger partial charge in [0.15, 0.2) is 5.82 Å². The van der Waals surface area contributed by atoms with Gasteiger partial charge in [0, 0.05) is 12.2 Å². The van der Waals surface area contributed by atoms with Crippen LogP contribution in [0.25, 0.3) is 0 Å². The molecule has 0 saturated heterocycles. The monoisotopic (exact) mass is 349 g/mol. The Bertz CT molecular complexity index is 806.